The summed E-state index contributed by atoms with van der Waals surface area (Å²) in [5, 5.41) is 0. The van der Waals surface area contributed by atoms with E-state index in [-0.39, 0.29) is 0 Å². The van der Waals surface area contributed by atoms with Crippen LogP contribution in [0.15, 0.2) is 35.2 Å². The molecule has 0 aliphatic rings. The lowest BCUT2D eigenvalue weighted by Crippen LogP contribution is -1.96. The van der Waals surface area contributed by atoms with E-state index >= 15 is 0 Å². The minimum absolute atomic E-state index is 0.303. The van der Waals surface area contributed by atoms with Crippen LogP contribution in [0.2, 0.25) is 0 Å². The van der Waals surface area contributed by atoms with Gasteiger partial charge in [-0.2, -0.15) is 0 Å². The van der Waals surface area contributed by atoms with Crippen molar-refractivity contribution in [2.75, 3.05) is 6.26 Å². The fourth-order valence-electron chi connectivity index (χ4n) is 1.80. The van der Waals surface area contributed by atoms with Crippen molar-refractivity contribution in [1.29, 1.82) is 0 Å². The molecule has 0 bridgehead atoms. The molecule has 18 heavy (non-hydrogen) atoms. The van der Waals surface area contributed by atoms with Crippen molar-refractivity contribution in [2.24, 2.45) is 0 Å². The number of terminal acetylenes is 1. The summed E-state index contributed by atoms with van der Waals surface area (Å²) in [5.74, 6) is 2.61. The van der Waals surface area contributed by atoms with Crippen LogP contribution in [0.1, 0.15) is 11.3 Å². The first-order valence-corrected chi connectivity index (χ1v) is 7.27. The Morgan fingerprint density at radius 2 is 1.83 bits per heavy atom. The molecule has 1 N–H and O–H groups in total. The van der Waals surface area contributed by atoms with Crippen molar-refractivity contribution >= 4 is 9.84 Å². The summed E-state index contributed by atoms with van der Waals surface area (Å²) >= 11 is 0. The van der Waals surface area contributed by atoms with Crippen LogP contribution in [0.5, 0.6) is 0 Å². The van der Waals surface area contributed by atoms with E-state index in [0.717, 1.165) is 22.5 Å². The van der Waals surface area contributed by atoms with Crippen LogP contribution in [0, 0.1) is 19.3 Å². The number of rotatable bonds is 2. The third-order valence-corrected chi connectivity index (χ3v) is 3.81. The third kappa shape index (κ3) is 2.31. The standard InChI is InChI=1S/C14H13NO2S/c1-4-11-9-10(2)15-14(11)12-5-7-13(8-6-12)18(3,16)17/h1,5-9,15H,2-3H3. The molecule has 0 aliphatic carbocycles. The Labute approximate surface area is 107 Å². The van der Waals surface area contributed by atoms with Gasteiger partial charge in [-0.15, -0.1) is 6.42 Å². The molecule has 4 heteroatoms. The number of sulfone groups is 1. The van der Waals surface area contributed by atoms with Crippen LogP contribution in [0.3, 0.4) is 0 Å². The first-order chi connectivity index (χ1) is 8.41. The van der Waals surface area contributed by atoms with Gasteiger partial charge in [0.1, 0.15) is 0 Å². The van der Waals surface area contributed by atoms with Crippen LogP contribution in [0.25, 0.3) is 11.3 Å². The predicted molar refractivity (Wildman–Crippen MR) is 72.0 cm³/mol. The quantitative estimate of drug-likeness (QED) is 0.842. The zero-order chi connectivity index (χ0) is 13.3. The molecule has 3 nitrogen and oxygen atoms in total. The number of aromatic amines is 1. The van der Waals surface area contributed by atoms with Crippen molar-refractivity contribution in [3.05, 3.63) is 41.6 Å². The molecule has 92 valence electrons. The average Bonchev–Trinajstić information content (AvgIpc) is 2.69. The Balaban J connectivity index is 2.50. The van der Waals surface area contributed by atoms with E-state index in [4.69, 9.17) is 6.42 Å². The Kier molecular flexibility index (Phi) is 3.02. The second-order valence-electron chi connectivity index (χ2n) is 4.18. The number of benzene rings is 1. The van der Waals surface area contributed by atoms with E-state index in [9.17, 15) is 8.42 Å². The van der Waals surface area contributed by atoms with Crippen molar-refractivity contribution in [3.8, 4) is 23.6 Å². The van der Waals surface area contributed by atoms with Gasteiger partial charge in [0.25, 0.3) is 0 Å². The molecule has 2 aromatic rings. The highest BCUT2D eigenvalue weighted by Gasteiger charge is 2.10. The molecule has 1 aromatic heterocycles. The molecule has 0 atom stereocenters. The van der Waals surface area contributed by atoms with Gasteiger partial charge in [0, 0.05) is 11.9 Å². The minimum Gasteiger partial charge on any atom is -0.358 e. The van der Waals surface area contributed by atoms with Gasteiger partial charge in [0.2, 0.25) is 0 Å². The third-order valence-electron chi connectivity index (χ3n) is 2.68. The van der Waals surface area contributed by atoms with Crippen molar-refractivity contribution < 1.29 is 8.42 Å². The van der Waals surface area contributed by atoms with Gasteiger partial charge in [0.15, 0.2) is 9.84 Å². The molecule has 1 aromatic carbocycles. The van der Waals surface area contributed by atoms with Crippen LogP contribution >= 0.6 is 0 Å². The highest BCUT2D eigenvalue weighted by Crippen LogP contribution is 2.24. The van der Waals surface area contributed by atoms with Crippen molar-refractivity contribution in [2.45, 2.75) is 11.8 Å². The van der Waals surface area contributed by atoms with E-state index < -0.39 is 9.84 Å². The summed E-state index contributed by atoms with van der Waals surface area (Å²) in [6, 6.07) is 8.56. The molecule has 1 heterocycles. The molecule has 0 saturated heterocycles. The summed E-state index contributed by atoms with van der Waals surface area (Å²) in [4.78, 5) is 3.48. The molecular formula is C14H13NO2S. The molecule has 0 fully saturated rings. The number of hydrogen-bond donors (Lipinski definition) is 1. The number of hydrogen-bond acceptors (Lipinski definition) is 2. The van der Waals surface area contributed by atoms with E-state index in [1.54, 1.807) is 24.3 Å². The fraction of sp³-hybridized carbons (Fsp3) is 0.143. The SMILES string of the molecule is C#Cc1cc(C)[nH]c1-c1ccc(S(C)(=O)=O)cc1. The smallest absolute Gasteiger partial charge is 0.175 e. The maximum atomic E-state index is 11.4. The molecule has 0 radical (unpaired) electrons. The number of H-pyrrole nitrogens is 1. The molecule has 0 saturated carbocycles. The molecule has 0 amide bonds. The van der Waals surface area contributed by atoms with Gasteiger partial charge in [0.05, 0.1) is 16.2 Å². The van der Waals surface area contributed by atoms with Crippen LogP contribution < -0.4 is 0 Å². The number of aryl methyl sites for hydroxylation is 1. The Morgan fingerprint density at radius 1 is 1.22 bits per heavy atom. The van der Waals surface area contributed by atoms with Crippen molar-refractivity contribution in [1.82, 2.24) is 4.98 Å². The average molecular weight is 259 g/mol. The zero-order valence-electron chi connectivity index (χ0n) is 10.2. The Morgan fingerprint density at radius 3 is 2.33 bits per heavy atom. The lowest BCUT2D eigenvalue weighted by molar-refractivity contribution is 0.602. The molecule has 0 spiro atoms. The van der Waals surface area contributed by atoms with Gasteiger partial charge in [-0.25, -0.2) is 8.42 Å². The zero-order valence-corrected chi connectivity index (χ0v) is 11.0. The van der Waals surface area contributed by atoms with E-state index in [1.165, 1.54) is 6.26 Å². The minimum atomic E-state index is -3.16. The summed E-state index contributed by atoms with van der Waals surface area (Å²) in [7, 11) is -3.16. The lowest BCUT2D eigenvalue weighted by atomic mass is 10.1. The molecular weight excluding hydrogens is 246 g/mol. The van der Waals surface area contributed by atoms with Gasteiger partial charge in [-0.1, -0.05) is 18.1 Å². The van der Waals surface area contributed by atoms with Crippen LogP contribution in [-0.2, 0) is 9.84 Å². The maximum absolute atomic E-state index is 11.4. The monoisotopic (exact) mass is 259 g/mol. The lowest BCUT2D eigenvalue weighted by Gasteiger charge is -2.02. The summed E-state index contributed by atoms with van der Waals surface area (Å²) < 4.78 is 22.7. The Bertz CT molecular complexity index is 716. The molecule has 0 unspecified atom stereocenters. The van der Waals surface area contributed by atoms with Gasteiger partial charge >= 0.3 is 0 Å². The molecule has 0 aliphatic heterocycles. The van der Waals surface area contributed by atoms with Gasteiger partial charge in [-0.05, 0) is 30.7 Å². The Hall–Kier alpha value is -1.99. The first kappa shape index (κ1) is 12.5. The van der Waals surface area contributed by atoms with Crippen molar-refractivity contribution in [3.63, 3.8) is 0 Å². The highest BCUT2D eigenvalue weighted by molar-refractivity contribution is 7.90. The van der Waals surface area contributed by atoms with E-state index in [2.05, 4.69) is 10.9 Å². The summed E-state index contributed by atoms with van der Waals surface area (Å²) in [6.07, 6.45) is 6.62. The normalized spacial score (nSPS) is 11.2. The predicted octanol–water partition coefficient (Wildman–Crippen LogP) is 2.37. The van der Waals surface area contributed by atoms with Gasteiger partial charge < -0.3 is 4.98 Å². The molecule has 2 rings (SSSR count). The fourth-order valence-corrected chi connectivity index (χ4v) is 2.43. The highest BCUT2D eigenvalue weighted by atomic mass is 32.2. The largest absolute Gasteiger partial charge is 0.358 e. The number of aromatic nitrogens is 1. The van der Waals surface area contributed by atoms with Crippen LogP contribution in [-0.4, -0.2) is 19.7 Å². The summed E-state index contributed by atoms with van der Waals surface area (Å²) in [6.45, 7) is 1.93. The first-order valence-electron chi connectivity index (χ1n) is 5.38. The topological polar surface area (TPSA) is 49.9 Å². The van der Waals surface area contributed by atoms with E-state index in [0.29, 0.717) is 4.90 Å². The second kappa shape index (κ2) is 4.35. The van der Waals surface area contributed by atoms with Crippen LogP contribution in [0.4, 0.5) is 0 Å². The summed E-state index contributed by atoms with van der Waals surface area (Å²) in [5.41, 5.74) is 3.48. The van der Waals surface area contributed by atoms with E-state index in [1.807, 2.05) is 13.0 Å². The number of nitrogens with one attached hydrogen (secondary N) is 1. The van der Waals surface area contributed by atoms with Gasteiger partial charge in [-0.3, -0.25) is 0 Å². The second-order valence-corrected chi connectivity index (χ2v) is 6.20. The maximum Gasteiger partial charge on any atom is 0.175 e.